The second-order valence-electron chi connectivity index (χ2n) is 6.68. The Labute approximate surface area is 139 Å². The van der Waals surface area contributed by atoms with E-state index in [4.69, 9.17) is 4.74 Å². The van der Waals surface area contributed by atoms with E-state index in [1.807, 2.05) is 11.1 Å². The smallest absolute Gasteiger partial charge is 0.224 e. The van der Waals surface area contributed by atoms with Crippen LogP contribution in [-0.4, -0.2) is 58.3 Å². The Hall–Kier alpha value is -1.67. The minimum Gasteiger partial charge on any atom is -0.378 e. The van der Waals surface area contributed by atoms with E-state index < -0.39 is 0 Å². The molecule has 0 radical (unpaired) electrons. The van der Waals surface area contributed by atoms with Crippen molar-refractivity contribution in [2.24, 2.45) is 0 Å². The fourth-order valence-corrected chi connectivity index (χ4v) is 3.19. The molecule has 0 spiro atoms. The summed E-state index contributed by atoms with van der Waals surface area (Å²) >= 11 is 1.51. The highest BCUT2D eigenvalue weighted by molar-refractivity contribution is 7.20. The van der Waals surface area contributed by atoms with Crippen LogP contribution in [0.5, 0.6) is 0 Å². The highest BCUT2D eigenvalue weighted by Gasteiger charge is 2.20. The molecule has 1 saturated heterocycles. The molecule has 0 atom stereocenters. The van der Waals surface area contributed by atoms with Crippen molar-refractivity contribution in [3.05, 3.63) is 11.9 Å². The van der Waals surface area contributed by atoms with E-state index in [0.29, 0.717) is 39.3 Å². The van der Waals surface area contributed by atoms with Crippen LogP contribution in [0.15, 0.2) is 6.20 Å². The number of imidazole rings is 1. The summed E-state index contributed by atoms with van der Waals surface area (Å²) in [6.45, 7) is 9.65. The number of carbonyl (C=O) groups excluding carboxylic acids is 1. The van der Waals surface area contributed by atoms with Gasteiger partial charge in [-0.2, -0.15) is 0 Å². The third kappa shape index (κ3) is 3.81. The monoisotopic (exact) mass is 337 g/mol. The highest BCUT2D eigenvalue weighted by atomic mass is 32.1. The first kappa shape index (κ1) is 16.2. The van der Waals surface area contributed by atoms with Crippen molar-refractivity contribution in [3.63, 3.8) is 0 Å². The van der Waals surface area contributed by atoms with Crippen molar-refractivity contribution in [1.82, 2.24) is 19.5 Å². The fraction of sp³-hybridized carbons (Fsp3) is 0.667. The van der Waals surface area contributed by atoms with Crippen LogP contribution in [0.25, 0.3) is 4.96 Å². The molecule has 0 saturated carbocycles. The lowest BCUT2D eigenvalue weighted by Crippen LogP contribution is -2.41. The molecule has 3 rings (SSSR count). The molecule has 1 aliphatic rings. The van der Waals surface area contributed by atoms with E-state index in [1.54, 1.807) is 4.52 Å². The summed E-state index contributed by atoms with van der Waals surface area (Å²) in [5.74, 6) is 0.164. The minimum absolute atomic E-state index is 0.0194. The van der Waals surface area contributed by atoms with E-state index in [0.717, 1.165) is 15.8 Å². The zero-order valence-corrected chi connectivity index (χ0v) is 14.7. The normalized spacial score (nSPS) is 16.0. The lowest BCUT2D eigenvalue weighted by atomic mass is 9.93. The second-order valence-corrected chi connectivity index (χ2v) is 7.64. The molecule has 0 aliphatic carbocycles. The molecule has 2 aromatic rings. The molecule has 3 heterocycles. The SMILES string of the molecule is CC(C)(C)c1cn2nc(NCCC(=O)N3CCOCC3)sc2n1. The molecule has 1 amide bonds. The largest absolute Gasteiger partial charge is 0.378 e. The number of fused-ring (bicyclic) bond motifs is 1. The average molecular weight is 337 g/mol. The number of nitrogens with one attached hydrogen (secondary N) is 1. The van der Waals surface area contributed by atoms with Gasteiger partial charge in [-0.3, -0.25) is 4.79 Å². The van der Waals surface area contributed by atoms with Crippen molar-refractivity contribution < 1.29 is 9.53 Å². The Morgan fingerprint density at radius 3 is 2.78 bits per heavy atom. The van der Waals surface area contributed by atoms with E-state index in [9.17, 15) is 4.79 Å². The van der Waals surface area contributed by atoms with Gasteiger partial charge in [0.1, 0.15) is 0 Å². The van der Waals surface area contributed by atoms with Crippen molar-refractivity contribution in [2.75, 3.05) is 38.2 Å². The summed E-state index contributed by atoms with van der Waals surface area (Å²) in [7, 11) is 0. The number of ether oxygens (including phenoxy) is 1. The number of nitrogens with zero attached hydrogens (tertiary/aromatic N) is 4. The quantitative estimate of drug-likeness (QED) is 0.920. The van der Waals surface area contributed by atoms with Crippen molar-refractivity contribution in [2.45, 2.75) is 32.6 Å². The summed E-state index contributed by atoms with van der Waals surface area (Å²) in [6, 6.07) is 0. The van der Waals surface area contributed by atoms with Crippen LogP contribution in [0.1, 0.15) is 32.9 Å². The van der Waals surface area contributed by atoms with E-state index in [-0.39, 0.29) is 11.3 Å². The molecule has 0 aromatic carbocycles. The maximum absolute atomic E-state index is 12.1. The molecule has 2 aromatic heterocycles. The van der Waals surface area contributed by atoms with Gasteiger partial charge in [0.2, 0.25) is 16.0 Å². The first-order valence-electron chi connectivity index (χ1n) is 7.89. The Morgan fingerprint density at radius 1 is 1.39 bits per heavy atom. The number of carbonyl (C=O) groups is 1. The third-order valence-corrected chi connectivity index (χ3v) is 4.67. The van der Waals surface area contributed by atoms with Gasteiger partial charge in [-0.1, -0.05) is 32.1 Å². The molecule has 7 nitrogen and oxygen atoms in total. The Bertz CT molecular complexity index is 650. The fourth-order valence-electron chi connectivity index (χ4n) is 2.38. The predicted molar refractivity (Wildman–Crippen MR) is 90.1 cm³/mol. The summed E-state index contributed by atoms with van der Waals surface area (Å²) in [5.41, 5.74) is 1.05. The Kier molecular flexibility index (Phi) is 4.54. The van der Waals surface area contributed by atoms with Gasteiger partial charge in [0.25, 0.3) is 0 Å². The molecular weight excluding hydrogens is 314 g/mol. The van der Waals surface area contributed by atoms with Crippen LogP contribution in [0.2, 0.25) is 0 Å². The number of aromatic nitrogens is 3. The molecule has 126 valence electrons. The average Bonchev–Trinajstić information content (AvgIpc) is 3.06. The number of hydrogen-bond donors (Lipinski definition) is 1. The van der Waals surface area contributed by atoms with E-state index >= 15 is 0 Å². The van der Waals surface area contributed by atoms with Gasteiger partial charge >= 0.3 is 0 Å². The van der Waals surface area contributed by atoms with E-state index in [2.05, 4.69) is 36.2 Å². The number of rotatable bonds is 4. The van der Waals surface area contributed by atoms with Gasteiger partial charge < -0.3 is 15.0 Å². The molecule has 1 fully saturated rings. The topological polar surface area (TPSA) is 71.8 Å². The lowest BCUT2D eigenvalue weighted by molar-refractivity contribution is -0.134. The lowest BCUT2D eigenvalue weighted by Gasteiger charge is -2.26. The summed E-state index contributed by atoms with van der Waals surface area (Å²) in [4.78, 5) is 19.4. The summed E-state index contributed by atoms with van der Waals surface area (Å²) in [6.07, 6.45) is 2.44. The van der Waals surface area contributed by atoms with E-state index in [1.165, 1.54) is 11.3 Å². The Morgan fingerprint density at radius 2 is 2.13 bits per heavy atom. The van der Waals surface area contributed by atoms with Gasteiger partial charge in [0.05, 0.1) is 25.1 Å². The van der Waals surface area contributed by atoms with Crippen LogP contribution in [0.4, 0.5) is 5.13 Å². The van der Waals surface area contributed by atoms with Crippen molar-refractivity contribution >= 4 is 27.3 Å². The predicted octanol–water partition coefficient (Wildman–Crippen LogP) is 1.75. The molecule has 1 N–H and O–H groups in total. The zero-order valence-electron chi connectivity index (χ0n) is 13.8. The molecule has 0 unspecified atom stereocenters. The number of anilines is 1. The first-order valence-corrected chi connectivity index (χ1v) is 8.71. The summed E-state index contributed by atoms with van der Waals surface area (Å²) < 4.78 is 7.06. The Balaban J connectivity index is 1.53. The number of morpholine rings is 1. The van der Waals surface area contributed by atoms with Crippen LogP contribution < -0.4 is 5.32 Å². The van der Waals surface area contributed by atoms with Gasteiger partial charge in [0.15, 0.2) is 0 Å². The van der Waals surface area contributed by atoms with Crippen LogP contribution in [0.3, 0.4) is 0 Å². The molecule has 1 aliphatic heterocycles. The standard InChI is InChI=1S/C15H23N5O2S/c1-15(2,3)11-10-20-14(17-11)23-13(18-20)16-5-4-12(21)19-6-8-22-9-7-19/h10H,4-9H2,1-3H3,(H,16,18). The van der Waals surface area contributed by atoms with Crippen molar-refractivity contribution in [1.29, 1.82) is 0 Å². The van der Waals surface area contributed by atoms with Crippen molar-refractivity contribution in [3.8, 4) is 0 Å². The van der Waals surface area contributed by atoms with Gasteiger partial charge in [-0.25, -0.2) is 9.50 Å². The van der Waals surface area contributed by atoms with Gasteiger partial charge in [0, 0.05) is 31.5 Å². The maximum atomic E-state index is 12.1. The highest BCUT2D eigenvalue weighted by Crippen LogP contribution is 2.25. The number of amides is 1. The zero-order chi connectivity index (χ0) is 16.4. The molecule has 23 heavy (non-hydrogen) atoms. The summed E-state index contributed by atoms with van der Waals surface area (Å²) in [5, 5.41) is 8.48. The molecule has 8 heteroatoms. The second kappa shape index (κ2) is 6.45. The van der Waals surface area contributed by atoms with Gasteiger partial charge in [-0.15, -0.1) is 5.10 Å². The molecule has 0 bridgehead atoms. The van der Waals surface area contributed by atoms with Crippen LogP contribution in [-0.2, 0) is 14.9 Å². The molecular formula is C15H23N5O2S. The first-order chi connectivity index (χ1) is 10.9. The number of hydrogen-bond acceptors (Lipinski definition) is 6. The van der Waals surface area contributed by atoms with Crippen LogP contribution >= 0.6 is 11.3 Å². The maximum Gasteiger partial charge on any atom is 0.224 e. The van der Waals surface area contributed by atoms with Crippen LogP contribution in [0, 0.1) is 0 Å². The third-order valence-electron chi connectivity index (χ3n) is 3.79. The van der Waals surface area contributed by atoms with Gasteiger partial charge in [-0.05, 0) is 0 Å². The minimum atomic E-state index is 0.0194.